The van der Waals surface area contributed by atoms with Gasteiger partial charge in [-0.15, -0.1) is 0 Å². The van der Waals surface area contributed by atoms with Gasteiger partial charge in [-0.1, -0.05) is 104 Å². The van der Waals surface area contributed by atoms with Gasteiger partial charge in [-0.25, -0.2) is 0 Å². The third kappa shape index (κ3) is 9.33. The molecule has 0 atom stereocenters. The summed E-state index contributed by atoms with van der Waals surface area (Å²) in [5.41, 5.74) is 6.42. The molecule has 6 rings (SSSR count). The highest BCUT2D eigenvalue weighted by Crippen LogP contribution is 2.37. The van der Waals surface area contributed by atoms with E-state index in [2.05, 4.69) is 89.6 Å². The molecule has 2 N–H and O–H groups in total. The molecule has 0 aliphatic rings. The molecule has 0 fully saturated rings. The SMILES string of the molecule is CC(C)(C)c1cccc(C=Nc2ccc(Oc3ccc(C(C)(C)c4ccc(Oc5ccc(N=Cc6cccc(C(C)(C)C)c6O)cc5)cc4)cc3)cc2)c1O. The first-order valence-corrected chi connectivity index (χ1v) is 18.6. The molecule has 0 bridgehead atoms. The second-order valence-corrected chi connectivity index (χ2v) is 16.4. The fourth-order valence-corrected chi connectivity index (χ4v) is 6.35. The maximum absolute atomic E-state index is 10.7. The molecule has 0 heterocycles. The van der Waals surface area contributed by atoms with Gasteiger partial charge < -0.3 is 19.7 Å². The van der Waals surface area contributed by atoms with Crippen molar-refractivity contribution < 1.29 is 19.7 Å². The summed E-state index contributed by atoms with van der Waals surface area (Å²) < 4.78 is 12.3. The number of nitrogens with zero attached hydrogens (tertiary/aromatic N) is 2. The molecule has 0 amide bonds. The predicted octanol–water partition coefficient (Wildman–Crippen LogP) is 13.1. The van der Waals surface area contributed by atoms with Crippen molar-refractivity contribution in [3.05, 3.63) is 167 Å². The van der Waals surface area contributed by atoms with E-state index in [0.29, 0.717) is 22.6 Å². The van der Waals surface area contributed by atoms with Crippen LogP contribution in [0.25, 0.3) is 0 Å². The fourth-order valence-electron chi connectivity index (χ4n) is 6.35. The summed E-state index contributed by atoms with van der Waals surface area (Å²) in [6.45, 7) is 16.9. The van der Waals surface area contributed by atoms with Crippen LogP contribution in [-0.2, 0) is 16.2 Å². The van der Waals surface area contributed by atoms with Crippen molar-refractivity contribution in [2.24, 2.45) is 9.98 Å². The number of rotatable bonds is 10. The quantitative estimate of drug-likeness (QED) is 0.137. The van der Waals surface area contributed by atoms with Crippen LogP contribution in [0.2, 0.25) is 0 Å². The van der Waals surface area contributed by atoms with E-state index in [9.17, 15) is 10.2 Å². The molecule has 6 aromatic rings. The van der Waals surface area contributed by atoms with E-state index in [-0.39, 0.29) is 27.7 Å². The van der Waals surface area contributed by atoms with Gasteiger partial charge >= 0.3 is 0 Å². The van der Waals surface area contributed by atoms with Gasteiger partial charge in [-0.3, -0.25) is 9.98 Å². The Labute approximate surface area is 325 Å². The summed E-state index contributed by atoms with van der Waals surface area (Å²) in [4.78, 5) is 9.14. The molecular weight excluding hydrogens is 681 g/mol. The second-order valence-electron chi connectivity index (χ2n) is 16.4. The first-order chi connectivity index (χ1) is 26.1. The molecule has 6 aromatic carbocycles. The molecule has 280 valence electrons. The van der Waals surface area contributed by atoms with Gasteiger partial charge in [-0.2, -0.15) is 0 Å². The summed E-state index contributed by atoms with van der Waals surface area (Å²) in [5.74, 6) is 3.44. The van der Waals surface area contributed by atoms with Gasteiger partial charge in [0.05, 0.1) is 11.4 Å². The maximum Gasteiger partial charge on any atom is 0.128 e. The van der Waals surface area contributed by atoms with Gasteiger partial charge in [-0.05, 0) is 118 Å². The first-order valence-electron chi connectivity index (χ1n) is 18.6. The standard InChI is InChI=1S/C49H50N2O4/c1-47(2,3)43-13-9-11-33(45(43)52)31-50-37-19-27-41(28-20-37)54-39-23-15-35(16-24-39)49(7,8)36-17-25-40(26-18-36)55-42-29-21-38(22-30-42)51-32-34-12-10-14-44(46(34)53)48(4,5)6/h9-32,52-53H,1-8H3. The molecule has 0 saturated carbocycles. The van der Waals surface area contributed by atoms with E-state index in [1.165, 1.54) is 0 Å². The molecule has 0 radical (unpaired) electrons. The lowest BCUT2D eigenvalue weighted by Crippen LogP contribution is -2.18. The molecule has 0 aliphatic carbocycles. The van der Waals surface area contributed by atoms with E-state index in [0.717, 1.165) is 45.1 Å². The topological polar surface area (TPSA) is 83.6 Å². The van der Waals surface area contributed by atoms with Crippen molar-refractivity contribution in [2.45, 2.75) is 71.6 Å². The Balaban J connectivity index is 1.04. The van der Waals surface area contributed by atoms with Gasteiger partial charge in [0.1, 0.15) is 34.5 Å². The van der Waals surface area contributed by atoms with Crippen LogP contribution in [0.1, 0.15) is 88.8 Å². The average Bonchev–Trinajstić information content (AvgIpc) is 3.15. The third-order valence-electron chi connectivity index (χ3n) is 9.75. The summed E-state index contributed by atoms with van der Waals surface area (Å²) in [7, 11) is 0. The summed E-state index contributed by atoms with van der Waals surface area (Å²) in [6, 6.07) is 43.0. The number of aliphatic imine (C=N–C) groups is 2. The fraction of sp³-hybridized carbons (Fsp3) is 0.224. The third-order valence-corrected chi connectivity index (χ3v) is 9.75. The van der Waals surface area contributed by atoms with Gasteiger partial charge in [0.25, 0.3) is 0 Å². The van der Waals surface area contributed by atoms with E-state index >= 15 is 0 Å². The van der Waals surface area contributed by atoms with Crippen molar-refractivity contribution in [2.75, 3.05) is 0 Å². The predicted molar refractivity (Wildman–Crippen MR) is 226 cm³/mol. The van der Waals surface area contributed by atoms with Crippen LogP contribution < -0.4 is 9.47 Å². The smallest absolute Gasteiger partial charge is 0.128 e. The molecule has 0 spiro atoms. The zero-order chi connectivity index (χ0) is 39.4. The van der Waals surface area contributed by atoms with Crippen molar-refractivity contribution in [1.82, 2.24) is 0 Å². The molecule has 0 aromatic heterocycles. The Bertz CT molecular complexity index is 2130. The summed E-state index contributed by atoms with van der Waals surface area (Å²) in [5, 5.41) is 21.5. The number of para-hydroxylation sites is 2. The normalized spacial score (nSPS) is 12.4. The monoisotopic (exact) mass is 730 g/mol. The zero-order valence-electron chi connectivity index (χ0n) is 33.0. The Morgan fingerprint density at radius 1 is 0.418 bits per heavy atom. The zero-order valence-corrected chi connectivity index (χ0v) is 33.0. The Kier molecular flexibility index (Phi) is 11.0. The van der Waals surface area contributed by atoms with Crippen molar-refractivity contribution >= 4 is 23.8 Å². The van der Waals surface area contributed by atoms with Crippen LogP contribution >= 0.6 is 0 Å². The summed E-state index contributed by atoms with van der Waals surface area (Å²) in [6.07, 6.45) is 3.39. The molecule has 0 aliphatic heterocycles. The van der Waals surface area contributed by atoms with Crippen LogP contribution in [0, 0.1) is 0 Å². The van der Waals surface area contributed by atoms with E-state index < -0.39 is 0 Å². The number of phenols is 2. The highest BCUT2D eigenvalue weighted by atomic mass is 16.5. The lowest BCUT2D eigenvalue weighted by molar-refractivity contribution is 0.445. The molecular formula is C49H50N2O4. The lowest BCUT2D eigenvalue weighted by Gasteiger charge is -2.26. The van der Waals surface area contributed by atoms with Crippen LogP contribution in [0.5, 0.6) is 34.5 Å². The van der Waals surface area contributed by atoms with Crippen LogP contribution in [-0.4, -0.2) is 22.6 Å². The minimum atomic E-state index is -0.252. The van der Waals surface area contributed by atoms with E-state index in [1.54, 1.807) is 12.4 Å². The number of aromatic hydroxyl groups is 2. The van der Waals surface area contributed by atoms with Crippen molar-refractivity contribution in [1.29, 1.82) is 0 Å². The van der Waals surface area contributed by atoms with Crippen LogP contribution in [0.15, 0.2) is 143 Å². The van der Waals surface area contributed by atoms with Gasteiger partial charge in [0.15, 0.2) is 0 Å². The minimum Gasteiger partial charge on any atom is -0.507 e. The number of ether oxygens (including phenoxy) is 2. The second kappa shape index (κ2) is 15.7. The number of hydrogen-bond acceptors (Lipinski definition) is 6. The number of hydrogen-bond donors (Lipinski definition) is 2. The molecule has 55 heavy (non-hydrogen) atoms. The van der Waals surface area contributed by atoms with Crippen molar-refractivity contribution in [3.63, 3.8) is 0 Å². The molecule has 0 saturated heterocycles. The number of phenolic OH excluding ortho intramolecular Hbond substituents is 2. The molecule has 0 unspecified atom stereocenters. The minimum absolute atomic E-state index is 0.163. The Morgan fingerprint density at radius 3 is 1.04 bits per heavy atom. The lowest BCUT2D eigenvalue weighted by atomic mass is 9.78. The first kappa shape index (κ1) is 38.6. The Morgan fingerprint density at radius 2 is 0.727 bits per heavy atom. The largest absolute Gasteiger partial charge is 0.507 e. The van der Waals surface area contributed by atoms with Gasteiger partial charge in [0.2, 0.25) is 0 Å². The highest BCUT2D eigenvalue weighted by Gasteiger charge is 2.24. The Hall–Kier alpha value is -6.14. The van der Waals surface area contributed by atoms with E-state index in [1.807, 2.05) is 109 Å². The maximum atomic E-state index is 10.7. The van der Waals surface area contributed by atoms with Gasteiger partial charge in [0, 0.05) is 29.0 Å². The van der Waals surface area contributed by atoms with E-state index in [4.69, 9.17) is 9.47 Å². The molecule has 6 nitrogen and oxygen atoms in total. The molecule has 6 heteroatoms. The average molecular weight is 731 g/mol. The number of benzene rings is 6. The van der Waals surface area contributed by atoms with Crippen LogP contribution in [0.3, 0.4) is 0 Å². The summed E-state index contributed by atoms with van der Waals surface area (Å²) >= 11 is 0. The van der Waals surface area contributed by atoms with Crippen LogP contribution in [0.4, 0.5) is 11.4 Å². The highest BCUT2D eigenvalue weighted by molar-refractivity contribution is 5.87. The van der Waals surface area contributed by atoms with Crippen molar-refractivity contribution in [3.8, 4) is 34.5 Å².